The molecule has 4 aromatic rings. The number of amides is 2. The van der Waals surface area contributed by atoms with E-state index in [2.05, 4.69) is 22.1 Å². The number of ether oxygens (including phenoxy) is 3. The molecule has 3 atom stereocenters. The van der Waals surface area contributed by atoms with Crippen molar-refractivity contribution in [3.8, 4) is 11.8 Å². The summed E-state index contributed by atoms with van der Waals surface area (Å²) in [5.74, 6) is -0.511. The minimum atomic E-state index is -1.12. The Morgan fingerprint density at radius 3 is 2.23 bits per heavy atom. The third kappa shape index (κ3) is 8.85. The van der Waals surface area contributed by atoms with Crippen LogP contribution >= 0.6 is 0 Å². The smallest absolute Gasteiger partial charge is 0.407 e. The van der Waals surface area contributed by atoms with E-state index in [-0.39, 0.29) is 12.2 Å². The number of aromatic nitrogens is 1. The number of benzene rings is 3. The second kappa shape index (κ2) is 16.2. The van der Waals surface area contributed by atoms with Gasteiger partial charge in [0.2, 0.25) is 0 Å². The van der Waals surface area contributed by atoms with Gasteiger partial charge in [-0.05, 0) is 54.3 Å². The van der Waals surface area contributed by atoms with Crippen molar-refractivity contribution in [3.05, 3.63) is 136 Å². The molecule has 0 aliphatic carbocycles. The maximum atomic E-state index is 14.0. The van der Waals surface area contributed by atoms with Gasteiger partial charge in [0.05, 0.1) is 24.8 Å². The zero-order valence-electron chi connectivity index (χ0n) is 26.0. The van der Waals surface area contributed by atoms with Gasteiger partial charge in [0, 0.05) is 30.8 Å². The highest BCUT2D eigenvalue weighted by molar-refractivity contribution is 5.93. The lowest BCUT2D eigenvalue weighted by Gasteiger charge is -2.31. The summed E-state index contributed by atoms with van der Waals surface area (Å²) >= 11 is 0. The molecule has 0 bridgehead atoms. The largest absolute Gasteiger partial charge is 0.491 e. The lowest BCUT2D eigenvalue weighted by Crippen LogP contribution is -2.51. The van der Waals surface area contributed by atoms with Gasteiger partial charge in [-0.1, -0.05) is 66.7 Å². The number of carbonyl (C=O) groups is 2. The molecule has 0 saturated carbocycles. The molecule has 0 unspecified atom stereocenters. The number of hydrogen-bond acceptors (Lipinski definition) is 8. The molecule has 5 rings (SSSR count). The number of alkyl carbamates (subject to hydrolysis) is 1. The molecule has 0 spiro atoms. The number of rotatable bonds is 12. The highest BCUT2D eigenvalue weighted by atomic mass is 16.5. The molecule has 1 aliphatic heterocycles. The van der Waals surface area contributed by atoms with Crippen LogP contribution in [0.15, 0.2) is 108 Å². The van der Waals surface area contributed by atoms with Gasteiger partial charge in [-0.3, -0.25) is 15.0 Å². The first-order valence-corrected chi connectivity index (χ1v) is 15.4. The first kappa shape index (κ1) is 32.9. The first-order chi connectivity index (χ1) is 22.9. The van der Waals surface area contributed by atoms with Crippen LogP contribution in [0.3, 0.4) is 0 Å². The average Bonchev–Trinajstić information content (AvgIpc) is 3.12. The molecule has 1 saturated heterocycles. The molecule has 2 amide bonds. The minimum Gasteiger partial charge on any atom is -0.491 e. The van der Waals surface area contributed by atoms with Crippen molar-refractivity contribution >= 4 is 12.0 Å². The fourth-order valence-electron chi connectivity index (χ4n) is 5.58. The Labute approximate surface area is 273 Å². The second-order valence-electron chi connectivity index (χ2n) is 11.1. The Morgan fingerprint density at radius 2 is 1.60 bits per heavy atom. The summed E-state index contributed by atoms with van der Waals surface area (Å²) in [5, 5.41) is 15.1. The number of aryl methyl sites for hydroxylation is 1. The lowest BCUT2D eigenvalue weighted by atomic mass is 9.84. The molecule has 1 aliphatic rings. The van der Waals surface area contributed by atoms with Crippen molar-refractivity contribution in [2.45, 2.75) is 37.0 Å². The summed E-state index contributed by atoms with van der Waals surface area (Å²) in [4.78, 5) is 39.6. The second-order valence-corrected chi connectivity index (χ2v) is 11.1. The molecule has 3 aromatic carbocycles. The maximum Gasteiger partial charge on any atom is 0.407 e. The van der Waals surface area contributed by atoms with Gasteiger partial charge in [0.15, 0.2) is 0 Å². The Bertz CT molecular complexity index is 1680. The van der Waals surface area contributed by atoms with Crippen LogP contribution in [0.2, 0.25) is 0 Å². The zero-order chi connectivity index (χ0) is 33.0. The van der Waals surface area contributed by atoms with Crippen molar-refractivity contribution in [3.63, 3.8) is 0 Å². The Kier molecular flexibility index (Phi) is 11.4. The van der Waals surface area contributed by atoms with Gasteiger partial charge in [-0.25, -0.2) is 9.47 Å². The van der Waals surface area contributed by atoms with Crippen LogP contribution in [-0.4, -0.2) is 61.7 Å². The maximum absolute atomic E-state index is 14.0. The molecular formula is C36H37N5O6. The van der Waals surface area contributed by atoms with Gasteiger partial charge in [-0.2, -0.15) is 5.26 Å². The van der Waals surface area contributed by atoms with E-state index in [4.69, 9.17) is 19.5 Å². The van der Waals surface area contributed by atoms with E-state index >= 15 is 0 Å². The summed E-state index contributed by atoms with van der Waals surface area (Å²) in [6, 6.07) is 31.4. The summed E-state index contributed by atoms with van der Waals surface area (Å²) in [6.45, 7) is 1.58. The van der Waals surface area contributed by atoms with Gasteiger partial charge in [0.25, 0.3) is 11.5 Å². The van der Waals surface area contributed by atoms with E-state index in [0.717, 1.165) is 11.1 Å². The molecule has 242 valence electrons. The van der Waals surface area contributed by atoms with Crippen molar-refractivity contribution in [1.82, 2.24) is 15.3 Å². The standard InChI is InChI=1S/C36H37N5O6/c1-45-36(44)39-34(33(26-9-4-2-5-10-26)27-11-6-3-7-12-27)35(43)40-41-28(13-8-14-32(41)42)17-20-30-22-38-23-31(47-30)24-46-29-18-15-25(21-37)16-19-29/h2-16,18-19,30-31,33-34,38H,17,20,22-24H2,1H3,(H,39,44)(H,40,43)/t30-,31+,34+/m1/s1. The van der Waals surface area contributed by atoms with Crippen LogP contribution in [-0.2, 0) is 20.7 Å². The minimum absolute atomic E-state index is 0.160. The number of nitriles is 1. The van der Waals surface area contributed by atoms with Crippen molar-refractivity contribution in [2.24, 2.45) is 0 Å². The third-order valence-electron chi connectivity index (χ3n) is 7.92. The lowest BCUT2D eigenvalue weighted by molar-refractivity contribution is -0.119. The quantitative estimate of drug-likeness (QED) is 0.214. The highest BCUT2D eigenvalue weighted by Crippen LogP contribution is 2.29. The number of nitrogens with one attached hydrogen (secondary N) is 3. The first-order valence-electron chi connectivity index (χ1n) is 15.4. The van der Waals surface area contributed by atoms with E-state index in [1.165, 1.54) is 17.9 Å². The van der Waals surface area contributed by atoms with Gasteiger partial charge < -0.3 is 24.8 Å². The van der Waals surface area contributed by atoms with Gasteiger partial charge in [0.1, 0.15) is 24.5 Å². The van der Waals surface area contributed by atoms with E-state index < -0.39 is 29.5 Å². The molecule has 1 aromatic heterocycles. The average molecular weight is 636 g/mol. The molecule has 2 heterocycles. The Morgan fingerprint density at radius 1 is 0.936 bits per heavy atom. The van der Waals surface area contributed by atoms with E-state index in [1.807, 2.05) is 60.7 Å². The number of hydrogen-bond donors (Lipinski definition) is 3. The summed E-state index contributed by atoms with van der Waals surface area (Å²) in [7, 11) is 1.23. The number of morpholine rings is 1. The van der Waals surface area contributed by atoms with Crippen LogP contribution in [0.5, 0.6) is 5.75 Å². The predicted molar refractivity (Wildman–Crippen MR) is 176 cm³/mol. The Balaban J connectivity index is 1.29. The molecule has 3 N–H and O–H groups in total. The highest BCUT2D eigenvalue weighted by Gasteiger charge is 2.33. The van der Waals surface area contributed by atoms with Crippen LogP contribution < -0.4 is 26.4 Å². The van der Waals surface area contributed by atoms with Crippen LogP contribution in [0, 0.1) is 11.3 Å². The summed E-state index contributed by atoms with van der Waals surface area (Å²) in [5.41, 5.74) is 5.10. The number of pyridine rings is 1. The topological polar surface area (TPSA) is 144 Å². The zero-order valence-corrected chi connectivity index (χ0v) is 26.0. The number of nitrogens with zero attached hydrogens (tertiary/aromatic N) is 2. The molecule has 11 heteroatoms. The molecule has 47 heavy (non-hydrogen) atoms. The normalized spacial score (nSPS) is 16.4. The van der Waals surface area contributed by atoms with Crippen LogP contribution in [0.1, 0.15) is 34.7 Å². The summed E-state index contributed by atoms with van der Waals surface area (Å²) in [6.07, 6.45) is -0.128. The third-order valence-corrected chi connectivity index (χ3v) is 7.92. The SMILES string of the molecule is COC(=O)N[C@H](C(=O)Nn1c(CC[C@@H]2CNC[C@@H](COc3ccc(C#N)cc3)O2)cccc1=O)C(c1ccccc1)c1ccccc1. The van der Waals surface area contributed by atoms with Crippen molar-refractivity contribution in [2.75, 3.05) is 32.2 Å². The van der Waals surface area contributed by atoms with E-state index in [9.17, 15) is 14.4 Å². The predicted octanol–water partition coefficient (Wildman–Crippen LogP) is 3.72. The van der Waals surface area contributed by atoms with Crippen molar-refractivity contribution in [1.29, 1.82) is 5.26 Å². The van der Waals surface area contributed by atoms with E-state index in [1.54, 1.807) is 36.4 Å². The van der Waals surface area contributed by atoms with Crippen LogP contribution in [0.4, 0.5) is 4.79 Å². The Hall–Kier alpha value is -5.44. The molecule has 11 nitrogen and oxygen atoms in total. The van der Waals surface area contributed by atoms with Crippen LogP contribution in [0.25, 0.3) is 0 Å². The molecule has 0 radical (unpaired) electrons. The van der Waals surface area contributed by atoms with Gasteiger partial charge in [-0.15, -0.1) is 0 Å². The fraction of sp³-hybridized carbons (Fsp3) is 0.278. The van der Waals surface area contributed by atoms with Gasteiger partial charge >= 0.3 is 6.09 Å². The monoisotopic (exact) mass is 635 g/mol. The number of methoxy groups -OCH3 is 1. The molecular weight excluding hydrogens is 598 g/mol. The van der Waals surface area contributed by atoms with E-state index in [0.29, 0.717) is 49.5 Å². The van der Waals surface area contributed by atoms with Crippen molar-refractivity contribution < 1.29 is 23.8 Å². The molecule has 1 fully saturated rings. The fourth-order valence-corrected chi connectivity index (χ4v) is 5.58. The summed E-state index contributed by atoms with van der Waals surface area (Å²) < 4.78 is 18.2. The number of carbonyl (C=O) groups excluding carboxylic acids is 2.